The maximum atomic E-state index is 2.75. The molecule has 0 aliphatic heterocycles. The summed E-state index contributed by atoms with van der Waals surface area (Å²) in [4.78, 5) is 0. The smallest absolute Gasteiger partial charge is 0.0782 e. The maximum absolute atomic E-state index is 2.75. The average Bonchev–Trinajstić information content (AvgIpc) is 2.47. The first-order chi connectivity index (χ1) is 10.5. The van der Waals surface area contributed by atoms with Gasteiger partial charge >= 0.3 is 0 Å². The zero-order chi connectivity index (χ0) is 17.1. The van der Waals surface area contributed by atoms with Crippen LogP contribution < -0.4 is 22.3 Å². The predicted molar refractivity (Wildman–Crippen MR) is 111 cm³/mol. The van der Waals surface area contributed by atoms with Gasteiger partial charge in [0.2, 0.25) is 0 Å². The summed E-state index contributed by atoms with van der Waals surface area (Å²) in [6, 6.07) is 0. The normalized spacial score (nSPS) is 10.2. The second-order valence-electron chi connectivity index (χ2n) is 7.42. The van der Waals surface area contributed by atoms with E-state index in [4.69, 9.17) is 0 Å². The van der Waals surface area contributed by atoms with E-state index in [1.165, 1.54) is 94.6 Å². The molecule has 0 radical (unpaired) electrons. The highest BCUT2D eigenvalue weighted by Gasteiger charge is 2.13. The van der Waals surface area contributed by atoms with Gasteiger partial charge in [-0.25, -0.2) is 0 Å². The van der Waals surface area contributed by atoms with E-state index >= 15 is 0 Å². The SMILES string of the molecule is CCCCCCCC[N+](C)(C)CCCCCCCC.CNC.Cl.[Br-]. The van der Waals surface area contributed by atoms with E-state index < -0.39 is 0 Å². The molecule has 4 heteroatoms. The van der Waals surface area contributed by atoms with Crippen molar-refractivity contribution in [3.63, 3.8) is 0 Å². The van der Waals surface area contributed by atoms with E-state index in [2.05, 4.69) is 33.3 Å². The van der Waals surface area contributed by atoms with Gasteiger partial charge in [-0.3, -0.25) is 0 Å². The van der Waals surface area contributed by atoms with Gasteiger partial charge in [-0.1, -0.05) is 65.2 Å². The Kier molecular flexibility index (Phi) is 35.0. The zero-order valence-electron chi connectivity index (χ0n) is 17.6. The maximum Gasteiger partial charge on any atom is 0.0782 e. The van der Waals surface area contributed by atoms with Crippen LogP contribution in [0.15, 0.2) is 0 Å². The van der Waals surface area contributed by atoms with Crippen molar-refractivity contribution < 1.29 is 21.5 Å². The van der Waals surface area contributed by atoms with Gasteiger partial charge < -0.3 is 26.8 Å². The molecule has 0 fully saturated rings. The quantitative estimate of drug-likeness (QED) is 0.329. The minimum absolute atomic E-state index is 0. The standard InChI is InChI=1S/C18H40N.C2H7N.BrH.ClH/c1-5-7-9-11-13-15-17-19(3,4)18-16-14-12-10-8-6-2;1-3-2;;/h5-18H2,1-4H3;3H,1-2H3;2*1H/q+1;;;/p-1. The average molecular weight is 432 g/mol. The fraction of sp³-hybridized carbons (Fsp3) is 1.00. The molecule has 152 valence electrons. The summed E-state index contributed by atoms with van der Waals surface area (Å²) in [6.45, 7) is 7.34. The topological polar surface area (TPSA) is 12.0 Å². The molecular formula is C20H48BrClN2. The van der Waals surface area contributed by atoms with Crippen molar-refractivity contribution in [2.75, 3.05) is 41.3 Å². The van der Waals surface area contributed by atoms with Gasteiger partial charge in [0, 0.05) is 0 Å². The minimum atomic E-state index is 0. The highest BCUT2D eigenvalue weighted by Crippen LogP contribution is 2.11. The lowest BCUT2D eigenvalue weighted by Crippen LogP contribution is -3.00. The van der Waals surface area contributed by atoms with Crippen LogP contribution in [0.3, 0.4) is 0 Å². The first-order valence-corrected chi connectivity index (χ1v) is 9.94. The second kappa shape index (κ2) is 25.9. The van der Waals surface area contributed by atoms with Gasteiger partial charge in [0.05, 0.1) is 27.2 Å². The van der Waals surface area contributed by atoms with Crippen LogP contribution in [-0.4, -0.2) is 45.8 Å². The van der Waals surface area contributed by atoms with Crippen molar-refractivity contribution in [1.29, 1.82) is 0 Å². The number of nitrogens with one attached hydrogen (secondary N) is 1. The molecule has 0 atom stereocenters. The Morgan fingerprint density at radius 1 is 0.583 bits per heavy atom. The second-order valence-corrected chi connectivity index (χ2v) is 7.42. The van der Waals surface area contributed by atoms with Crippen LogP contribution in [0.5, 0.6) is 0 Å². The van der Waals surface area contributed by atoms with Crippen molar-refractivity contribution in [2.45, 2.75) is 90.9 Å². The largest absolute Gasteiger partial charge is 1.00 e. The fourth-order valence-electron chi connectivity index (χ4n) is 2.75. The van der Waals surface area contributed by atoms with Crippen molar-refractivity contribution >= 4 is 12.4 Å². The molecule has 0 saturated heterocycles. The van der Waals surface area contributed by atoms with Crippen LogP contribution in [0.2, 0.25) is 0 Å². The molecule has 24 heavy (non-hydrogen) atoms. The molecule has 2 nitrogen and oxygen atoms in total. The van der Waals surface area contributed by atoms with E-state index in [-0.39, 0.29) is 29.4 Å². The predicted octanol–water partition coefficient (Wildman–Crippen LogP) is 3.05. The molecule has 0 saturated carbocycles. The number of halogens is 2. The third kappa shape index (κ3) is 30.6. The van der Waals surface area contributed by atoms with Crippen molar-refractivity contribution in [3.8, 4) is 0 Å². The lowest BCUT2D eigenvalue weighted by atomic mass is 10.1. The van der Waals surface area contributed by atoms with Gasteiger partial charge in [0.1, 0.15) is 0 Å². The van der Waals surface area contributed by atoms with Gasteiger partial charge in [-0.2, -0.15) is 0 Å². The highest BCUT2D eigenvalue weighted by molar-refractivity contribution is 5.85. The lowest BCUT2D eigenvalue weighted by Gasteiger charge is -2.30. The summed E-state index contributed by atoms with van der Waals surface area (Å²) in [5.74, 6) is 0. The molecule has 0 bridgehead atoms. The Morgan fingerprint density at radius 2 is 0.833 bits per heavy atom. The summed E-state index contributed by atoms with van der Waals surface area (Å²) in [6.07, 6.45) is 17.1. The third-order valence-electron chi connectivity index (χ3n) is 4.23. The summed E-state index contributed by atoms with van der Waals surface area (Å²) < 4.78 is 1.24. The number of nitrogens with zero attached hydrogens (tertiary/aromatic N) is 1. The van der Waals surface area contributed by atoms with Crippen LogP contribution in [0.4, 0.5) is 0 Å². The van der Waals surface area contributed by atoms with Gasteiger partial charge in [0.15, 0.2) is 0 Å². The Balaban J connectivity index is -0.000000370. The number of hydrogen-bond donors (Lipinski definition) is 1. The van der Waals surface area contributed by atoms with Crippen LogP contribution in [0, 0.1) is 0 Å². The van der Waals surface area contributed by atoms with E-state index in [0.717, 1.165) is 0 Å². The molecule has 0 amide bonds. The molecule has 0 aromatic heterocycles. The number of quaternary nitrogens is 1. The van der Waals surface area contributed by atoms with Crippen LogP contribution in [0.1, 0.15) is 90.9 Å². The summed E-state index contributed by atoms with van der Waals surface area (Å²) in [5, 5.41) is 2.75. The molecule has 0 heterocycles. The fourth-order valence-corrected chi connectivity index (χ4v) is 2.75. The third-order valence-corrected chi connectivity index (χ3v) is 4.23. The molecule has 0 aliphatic rings. The molecule has 0 aliphatic carbocycles. The van der Waals surface area contributed by atoms with Gasteiger partial charge in [-0.05, 0) is 39.8 Å². The zero-order valence-corrected chi connectivity index (χ0v) is 20.0. The Bertz CT molecular complexity index is 184. The highest BCUT2D eigenvalue weighted by atomic mass is 79.9. The monoisotopic (exact) mass is 430 g/mol. The first-order valence-electron chi connectivity index (χ1n) is 9.94. The molecule has 0 aromatic carbocycles. The minimum Gasteiger partial charge on any atom is -1.00 e. The van der Waals surface area contributed by atoms with Crippen molar-refractivity contribution in [3.05, 3.63) is 0 Å². The molecule has 0 spiro atoms. The Morgan fingerprint density at radius 3 is 1.12 bits per heavy atom. The number of rotatable bonds is 14. The van der Waals surface area contributed by atoms with Crippen LogP contribution >= 0.6 is 12.4 Å². The summed E-state index contributed by atoms with van der Waals surface area (Å²) in [5.41, 5.74) is 0. The van der Waals surface area contributed by atoms with Crippen LogP contribution in [0.25, 0.3) is 0 Å². The van der Waals surface area contributed by atoms with Crippen molar-refractivity contribution in [2.24, 2.45) is 0 Å². The molecule has 0 rings (SSSR count). The van der Waals surface area contributed by atoms with E-state index in [9.17, 15) is 0 Å². The van der Waals surface area contributed by atoms with Crippen molar-refractivity contribution in [1.82, 2.24) is 5.32 Å². The molecule has 1 N–H and O–H groups in total. The van der Waals surface area contributed by atoms with E-state index in [0.29, 0.717) is 0 Å². The summed E-state index contributed by atoms with van der Waals surface area (Å²) in [7, 11) is 8.58. The van der Waals surface area contributed by atoms with E-state index in [1.54, 1.807) is 0 Å². The van der Waals surface area contributed by atoms with E-state index in [1.807, 2.05) is 14.1 Å². The Hall–Kier alpha value is 0.690. The van der Waals surface area contributed by atoms with Gasteiger partial charge in [0.25, 0.3) is 0 Å². The first kappa shape index (κ1) is 32.4. The number of unbranched alkanes of at least 4 members (excludes halogenated alkanes) is 10. The summed E-state index contributed by atoms with van der Waals surface area (Å²) >= 11 is 0. The molecule has 0 aromatic rings. The van der Waals surface area contributed by atoms with Gasteiger partial charge in [-0.15, -0.1) is 12.4 Å². The lowest BCUT2D eigenvalue weighted by molar-refractivity contribution is -0.890. The molecule has 0 unspecified atom stereocenters. The number of hydrogen-bond acceptors (Lipinski definition) is 1. The van der Waals surface area contributed by atoms with Crippen LogP contribution in [-0.2, 0) is 0 Å². The molecular weight excluding hydrogens is 384 g/mol. The Labute approximate surface area is 171 Å².